The number of carbonyl (C=O) groups is 1. The Hall–Kier alpha value is -1.38. The lowest BCUT2D eigenvalue weighted by Crippen LogP contribution is -2.41. The molecule has 0 spiro atoms. The van der Waals surface area contributed by atoms with Crippen LogP contribution in [0.25, 0.3) is 0 Å². The van der Waals surface area contributed by atoms with Crippen LogP contribution in [0.1, 0.15) is 11.3 Å². The maximum absolute atomic E-state index is 13.0. The van der Waals surface area contributed by atoms with Gasteiger partial charge in [-0.1, -0.05) is 6.07 Å². The van der Waals surface area contributed by atoms with Crippen LogP contribution in [0.4, 0.5) is 4.39 Å². The largest absolute Gasteiger partial charge is 0.333 e. The van der Waals surface area contributed by atoms with Gasteiger partial charge < -0.3 is 4.90 Å². The first kappa shape index (κ1) is 18.4. The Labute approximate surface area is 155 Å². The predicted octanol–water partition coefficient (Wildman–Crippen LogP) is 3.20. The average molecular weight is 400 g/mol. The lowest BCUT2D eigenvalue weighted by molar-refractivity contribution is -0.130. The minimum atomic E-state index is -3.06. The number of amides is 1. The smallest absolute Gasteiger partial charge is 0.233 e. The van der Waals surface area contributed by atoms with E-state index in [-0.39, 0.29) is 35.0 Å². The van der Waals surface area contributed by atoms with E-state index in [0.29, 0.717) is 13.0 Å². The zero-order valence-electron chi connectivity index (χ0n) is 13.4. The Morgan fingerprint density at radius 1 is 1.28 bits per heavy atom. The van der Waals surface area contributed by atoms with Crippen LogP contribution in [0.2, 0.25) is 0 Å². The first-order chi connectivity index (χ1) is 11.9. The van der Waals surface area contributed by atoms with Gasteiger partial charge in [0.1, 0.15) is 5.82 Å². The highest BCUT2D eigenvalue weighted by molar-refractivity contribution is 8.00. The maximum atomic E-state index is 13.0. The molecule has 1 saturated heterocycles. The summed E-state index contributed by atoms with van der Waals surface area (Å²) in [6.07, 6.45) is 0.487. The maximum Gasteiger partial charge on any atom is 0.233 e. The Morgan fingerprint density at radius 2 is 2.04 bits per heavy atom. The summed E-state index contributed by atoms with van der Waals surface area (Å²) >= 11 is 2.88. The van der Waals surface area contributed by atoms with Crippen molar-refractivity contribution in [3.05, 3.63) is 52.5 Å². The molecular weight excluding hydrogens is 381 g/mol. The number of benzene rings is 1. The summed E-state index contributed by atoms with van der Waals surface area (Å²) in [4.78, 5) is 16.3. The highest BCUT2D eigenvalue weighted by Crippen LogP contribution is 2.24. The Kier molecular flexibility index (Phi) is 5.81. The van der Waals surface area contributed by atoms with Crippen LogP contribution in [0.5, 0.6) is 0 Å². The number of nitrogens with zero attached hydrogens (tertiary/aromatic N) is 1. The first-order valence-corrected chi connectivity index (χ1v) is 11.5. The molecule has 0 saturated carbocycles. The summed E-state index contributed by atoms with van der Waals surface area (Å²) in [5.74, 6) is -0.0356. The molecule has 1 fully saturated rings. The molecule has 1 amide bonds. The third-order valence-electron chi connectivity index (χ3n) is 4.05. The zero-order valence-corrected chi connectivity index (χ0v) is 15.9. The molecule has 2 aromatic rings. The third-order valence-corrected chi connectivity index (χ3v) is 7.66. The van der Waals surface area contributed by atoms with Gasteiger partial charge in [-0.3, -0.25) is 4.79 Å². The van der Waals surface area contributed by atoms with Gasteiger partial charge in [-0.05, 0) is 42.1 Å². The van der Waals surface area contributed by atoms with Crippen molar-refractivity contribution in [3.63, 3.8) is 0 Å². The SMILES string of the molecule is O=C(CSc1ccc(F)cc1)N(Cc1cccs1)[C@H]1CCS(=O)(=O)C1. The van der Waals surface area contributed by atoms with Crippen LogP contribution < -0.4 is 0 Å². The number of sulfone groups is 1. The van der Waals surface area contributed by atoms with E-state index in [1.54, 1.807) is 28.4 Å². The summed E-state index contributed by atoms with van der Waals surface area (Å²) in [6.45, 7) is 0.431. The molecule has 3 rings (SSSR count). The summed E-state index contributed by atoms with van der Waals surface area (Å²) in [5.41, 5.74) is 0. The van der Waals surface area contributed by atoms with Gasteiger partial charge in [-0.2, -0.15) is 0 Å². The number of carbonyl (C=O) groups excluding carboxylic acids is 1. The Morgan fingerprint density at radius 3 is 2.64 bits per heavy atom. The quantitative estimate of drug-likeness (QED) is 0.700. The summed E-state index contributed by atoms with van der Waals surface area (Å²) < 4.78 is 36.6. The predicted molar refractivity (Wildman–Crippen MR) is 99.1 cm³/mol. The topological polar surface area (TPSA) is 54.5 Å². The van der Waals surface area contributed by atoms with Crippen molar-refractivity contribution in [3.8, 4) is 0 Å². The van der Waals surface area contributed by atoms with E-state index < -0.39 is 9.84 Å². The van der Waals surface area contributed by atoms with E-state index in [4.69, 9.17) is 0 Å². The number of hydrogen-bond donors (Lipinski definition) is 0. The second-order valence-corrected chi connectivity index (χ2v) is 10.2. The second kappa shape index (κ2) is 7.88. The fraction of sp³-hybridized carbons (Fsp3) is 0.353. The van der Waals surface area contributed by atoms with Gasteiger partial charge in [0.25, 0.3) is 0 Å². The molecule has 1 aliphatic rings. The normalized spacial score (nSPS) is 19.0. The Balaban J connectivity index is 1.69. The van der Waals surface area contributed by atoms with Crippen molar-refractivity contribution in [2.24, 2.45) is 0 Å². The molecule has 25 heavy (non-hydrogen) atoms. The van der Waals surface area contributed by atoms with Gasteiger partial charge in [0, 0.05) is 15.8 Å². The minimum Gasteiger partial charge on any atom is -0.333 e. The molecule has 0 radical (unpaired) electrons. The lowest BCUT2D eigenvalue weighted by Gasteiger charge is -2.28. The second-order valence-electron chi connectivity index (χ2n) is 5.90. The molecule has 1 atom stereocenters. The van der Waals surface area contributed by atoms with Crippen molar-refractivity contribution in [1.82, 2.24) is 4.90 Å². The van der Waals surface area contributed by atoms with E-state index >= 15 is 0 Å². The third kappa shape index (κ3) is 5.05. The van der Waals surface area contributed by atoms with Gasteiger partial charge in [0.2, 0.25) is 5.91 Å². The lowest BCUT2D eigenvalue weighted by atomic mass is 10.2. The fourth-order valence-electron chi connectivity index (χ4n) is 2.77. The van der Waals surface area contributed by atoms with Crippen LogP contribution in [-0.4, -0.2) is 42.5 Å². The monoisotopic (exact) mass is 399 g/mol. The van der Waals surface area contributed by atoms with Crippen LogP contribution in [0, 0.1) is 5.82 Å². The van der Waals surface area contributed by atoms with Gasteiger partial charge in [0.15, 0.2) is 9.84 Å². The van der Waals surface area contributed by atoms with Gasteiger partial charge >= 0.3 is 0 Å². The molecule has 8 heteroatoms. The summed E-state index contributed by atoms with van der Waals surface area (Å²) in [6, 6.07) is 9.59. The number of halogens is 1. The summed E-state index contributed by atoms with van der Waals surface area (Å²) in [5, 5.41) is 1.94. The van der Waals surface area contributed by atoms with E-state index in [0.717, 1.165) is 9.77 Å². The first-order valence-electron chi connectivity index (χ1n) is 7.83. The van der Waals surface area contributed by atoms with E-state index in [1.807, 2.05) is 17.5 Å². The van der Waals surface area contributed by atoms with E-state index in [1.165, 1.54) is 23.9 Å². The number of thiophene rings is 1. The highest BCUT2D eigenvalue weighted by atomic mass is 32.2. The molecule has 0 aliphatic carbocycles. The number of hydrogen-bond acceptors (Lipinski definition) is 5. The molecule has 4 nitrogen and oxygen atoms in total. The number of rotatable bonds is 6. The van der Waals surface area contributed by atoms with Crippen molar-refractivity contribution in [2.75, 3.05) is 17.3 Å². The fourth-order valence-corrected chi connectivity index (χ4v) is 5.99. The van der Waals surface area contributed by atoms with Crippen LogP contribution in [0.3, 0.4) is 0 Å². The number of thioether (sulfide) groups is 1. The molecule has 134 valence electrons. The highest BCUT2D eigenvalue weighted by Gasteiger charge is 2.34. The molecule has 1 aromatic heterocycles. The molecule has 0 bridgehead atoms. The van der Waals surface area contributed by atoms with Crippen LogP contribution in [-0.2, 0) is 21.2 Å². The van der Waals surface area contributed by atoms with E-state index in [2.05, 4.69) is 0 Å². The zero-order chi connectivity index (χ0) is 17.9. The Bertz CT molecular complexity index is 819. The van der Waals surface area contributed by atoms with Crippen LogP contribution in [0.15, 0.2) is 46.7 Å². The van der Waals surface area contributed by atoms with Crippen molar-refractivity contribution < 1.29 is 17.6 Å². The van der Waals surface area contributed by atoms with Crippen molar-refractivity contribution >= 4 is 38.8 Å². The summed E-state index contributed by atoms with van der Waals surface area (Å²) in [7, 11) is -3.06. The minimum absolute atomic E-state index is 0.0331. The van der Waals surface area contributed by atoms with E-state index in [9.17, 15) is 17.6 Å². The van der Waals surface area contributed by atoms with Gasteiger partial charge in [-0.15, -0.1) is 23.1 Å². The van der Waals surface area contributed by atoms with Gasteiger partial charge in [-0.25, -0.2) is 12.8 Å². The molecular formula is C17H18FNO3S3. The van der Waals surface area contributed by atoms with Crippen molar-refractivity contribution in [2.45, 2.75) is 23.9 Å². The van der Waals surface area contributed by atoms with Crippen molar-refractivity contribution in [1.29, 1.82) is 0 Å². The molecule has 0 unspecified atom stereocenters. The molecule has 1 aromatic carbocycles. The standard InChI is InChI=1S/C17H18FNO3S3/c18-13-3-5-15(6-4-13)24-11-17(20)19(10-16-2-1-8-23-16)14-7-9-25(21,22)12-14/h1-6,8,14H,7,9-12H2/t14-/m0/s1. The van der Waals surface area contributed by atoms with Crippen LogP contribution >= 0.6 is 23.1 Å². The molecule has 1 aliphatic heterocycles. The molecule has 0 N–H and O–H groups in total. The average Bonchev–Trinajstić information content (AvgIpc) is 3.21. The van der Waals surface area contributed by atoms with Gasteiger partial charge in [0.05, 0.1) is 23.8 Å². The molecule has 2 heterocycles.